The van der Waals surface area contributed by atoms with Crippen molar-refractivity contribution in [2.45, 2.75) is 50.5 Å². The summed E-state index contributed by atoms with van der Waals surface area (Å²) in [7, 11) is 0. The van der Waals surface area contributed by atoms with Crippen LogP contribution in [0.1, 0.15) is 44.6 Å². The number of hydrogen-bond acceptors (Lipinski definition) is 5. The van der Waals surface area contributed by atoms with Crippen molar-refractivity contribution in [1.82, 2.24) is 4.90 Å². The van der Waals surface area contributed by atoms with E-state index in [1.54, 1.807) is 6.07 Å². The minimum Gasteiger partial charge on any atom is -0.462 e. The van der Waals surface area contributed by atoms with Crippen LogP contribution in [0.4, 0.5) is 15.8 Å². The zero-order valence-electron chi connectivity index (χ0n) is 22.0. The van der Waals surface area contributed by atoms with E-state index in [1.807, 2.05) is 30.3 Å². The first-order valence-electron chi connectivity index (χ1n) is 13.7. The number of piperidine rings is 1. The Morgan fingerprint density at radius 3 is 2.53 bits per heavy atom. The molecule has 2 aromatic rings. The summed E-state index contributed by atoms with van der Waals surface area (Å²) in [6.45, 7) is 13.4. The number of halogens is 1. The lowest BCUT2D eigenvalue weighted by Crippen LogP contribution is -2.54. The molecule has 0 radical (unpaired) electrons. The number of nitriles is 1. The average molecular weight is 515 g/mol. The Hall–Kier alpha value is -3.42. The fourth-order valence-corrected chi connectivity index (χ4v) is 7.11. The zero-order chi connectivity index (χ0) is 26.7. The molecule has 2 heterocycles. The van der Waals surface area contributed by atoms with Crippen molar-refractivity contribution in [1.29, 1.82) is 5.26 Å². The summed E-state index contributed by atoms with van der Waals surface area (Å²) in [6, 6.07) is 17.0. The van der Waals surface area contributed by atoms with Crippen LogP contribution in [0.15, 0.2) is 48.5 Å². The third kappa shape index (κ3) is 5.13. The molecule has 38 heavy (non-hydrogen) atoms. The lowest BCUT2D eigenvalue weighted by molar-refractivity contribution is -0.149. The Balaban J connectivity index is 1.26. The minimum absolute atomic E-state index is 0.0746. The van der Waals surface area contributed by atoms with E-state index in [2.05, 4.69) is 20.7 Å². The largest absolute Gasteiger partial charge is 0.462 e. The fraction of sp³-hybridized carbons (Fsp3) is 0.516. The van der Waals surface area contributed by atoms with Crippen LogP contribution < -0.4 is 4.90 Å². The fourth-order valence-electron chi connectivity index (χ4n) is 7.11. The number of likely N-dealkylation sites (tertiary alicyclic amines) is 1. The standard InChI is InChI=1S/C31H35FN4O2/c1-22(37)38-30-8-4-7-29(30)31(21-33,25-5-3-6-26(32)17-25)24-13-15-35(16-14-24)18-23-19-36(20-23)28-11-9-27(34-2)10-12-28/h3,5-6,9-12,17,23-24,29-30H,4,7-8,13-16,18-20H2,1H3/t29-,30-,31?/m0/s1. The number of rotatable bonds is 7. The number of carbonyl (C=O) groups excluding carboxylic acids is 1. The van der Waals surface area contributed by atoms with Crippen molar-refractivity contribution >= 4 is 17.3 Å². The molecule has 2 aromatic carbocycles. The highest BCUT2D eigenvalue weighted by atomic mass is 19.1. The molecule has 3 atom stereocenters. The van der Waals surface area contributed by atoms with E-state index < -0.39 is 5.41 Å². The molecule has 0 N–H and O–H groups in total. The number of benzene rings is 2. The molecule has 3 fully saturated rings. The van der Waals surface area contributed by atoms with E-state index in [9.17, 15) is 14.4 Å². The Labute approximate surface area is 224 Å². The first-order valence-corrected chi connectivity index (χ1v) is 13.7. The molecule has 1 unspecified atom stereocenters. The first-order chi connectivity index (χ1) is 18.4. The van der Waals surface area contributed by atoms with Gasteiger partial charge < -0.3 is 14.5 Å². The molecule has 6 nitrogen and oxygen atoms in total. The van der Waals surface area contributed by atoms with E-state index in [4.69, 9.17) is 11.3 Å². The Morgan fingerprint density at radius 2 is 1.89 bits per heavy atom. The summed E-state index contributed by atoms with van der Waals surface area (Å²) < 4.78 is 20.1. The second-order valence-corrected chi connectivity index (χ2v) is 11.2. The predicted octanol–water partition coefficient (Wildman–Crippen LogP) is 5.72. The summed E-state index contributed by atoms with van der Waals surface area (Å²) in [5.41, 5.74) is 1.67. The second kappa shape index (κ2) is 11.1. The third-order valence-corrected chi connectivity index (χ3v) is 8.89. The number of anilines is 1. The average Bonchev–Trinajstić information content (AvgIpc) is 3.35. The van der Waals surface area contributed by atoms with Gasteiger partial charge in [0.15, 0.2) is 5.69 Å². The number of hydrogen-bond donors (Lipinski definition) is 0. The molecule has 2 aliphatic heterocycles. The first kappa shape index (κ1) is 26.2. The number of ether oxygens (including phenoxy) is 1. The summed E-state index contributed by atoms with van der Waals surface area (Å²) in [5, 5.41) is 10.8. The van der Waals surface area contributed by atoms with Crippen LogP contribution in [0.5, 0.6) is 0 Å². The van der Waals surface area contributed by atoms with E-state index >= 15 is 0 Å². The van der Waals surface area contributed by atoms with Crippen LogP contribution in [-0.4, -0.2) is 49.7 Å². The molecule has 0 amide bonds. The highest BCUT2D eigenvalue weighted by molar-refractivity contribution is 5.66. The molecule has 3 aliphatic rings. The molecule has 198 valence electrons. The maximum absolute atomic E-state index is 14.4. The van der Waals surface area contributed by atoms with Gasteiger partial charge in [0.05, 0.1) is 18.1 Å². The quantitative estimate of drug-likeness (QED) is 0.350. The van der Waals surface area contributed by atoms with Crippen LogP contribution in [0.25, 0.3) is 4.85 Å². The van der Waals surface area contributed by atoms with Crippen molar-refractivity contribution in [3.63, 3.8) is 0 Å². The van der Waals surface area contributed by atoms with E-state index in [-0.39, 0.29) is 29.7 Å². The van der Waals surface area contributed by atoms with Crippen molar-refractivity contribution in [3.8, 4) is 6.07 Å². The van der Waals surface area contributed by atoms with Gasteiger partial charge in [-0.25, -0.2) is 9.24 Å². The van der Waals surface area contributed by atoms with Gasteiger partial charge in [-0.15, -0.1) is 0 Å². The topological polar surface area (TPSA) is 60.9 Å². The molecule has 2 saturated heterocycles. The summed E-state index contributed by atoms with van der Waals surface area (Å²) in [6.07, 6.45) is 3.87. The van der Waals surface area contributed by atoms with Crippen molar-refractivity contribution < 1.29 is 13.9 Å². The maximum Gasteiger partial charge on any atom is 0.302 e. The van der Waals surface area contributed by atoms with Gasteiger partial charge in [-0.3, -0.25) is 4.79 Å². The Kier molecular flexibility index (Phi) is 7.68. The Bertz CT molecular complexity index is 1220. The highest BCUT2D eigenvalue weighted by Crippen LogP contribution is 2.51. The van der Waals surface area contributed by atoms with E-state index in [0.29, 0.717) is 11.6 Å². The van der Waals surface area contributed by atoms with Gasteiger partial charge in [0.25, 0.3) is 0 Å². The van der Waals surface area contributed by atoms with Crippen LogP contribution in [0.3, 0.4) is 0 Å². The SMILES string of the molecule is [C-]#[N+]c1ccc(N2CC(CN3CCC(C(C#N)(c4cccc(F)c4)[C@H]4CCC[C@@H]4OC(C)=O)CC3)C2)cc1. The monoisotopic (exact) mass is 514 g/mol. The predicted molar refractivity (Wildman–Crippen MR) is 144 cm³/mol. The molecule has 0 spiro atoms. The molecular formula is C31H35FN4O2. The molecule has 1 saturated carbocycles. The Morgan fingerprint density at radius 1 is 1.16 bits per heavy atom. The maximum atomic E-state index is 14.4. The van der Waals surface area contributed by atoms with E-state index in [0.717, 1.165) is 70.4 Å². The smallest absolute Gasteiger partial charge is 0.302 e. The normalized spacial score (nSPS) is 24.2. The molecular weight excluding hydrogens is 479 g/mol. The lowest BCUT2D eigenvalue weighted by Gasteiger charge is -2.48. The zero-order valence-corrected chi connectivity index (χ0v) is 22.0. The van der Waals surface area contributed by atoms with Gasteiger partial charge in [-0.05, 0) is 80.9 Å². The van der Waals surface area contributed by atoms with Crippen LogP contribution in [0.2, 0.25) is 0 Å². The van der Waals surface area contributed by atoms with Gasteiger partial charge in [-0.2, -0.15) is 5.26 Å². The molecule has 5 rings (SSSR count). The van der Waals surface area contributed by atoms with Gasteiger partial charge in [0.1, 0.15) is 11.9 Å². The molecule has 1 aliphatic carbocycles. The molecule has 0 aromatic heterocycles. The van der Waals surface area contributed by atoms with Crippen molar-refractivity contribution in [3.05, 3.63) is 71.3 Å². The van der Waals surface area contributed by atoms with Gasteiger partial charge in [0, 0.05) is 44.1 Å². The minimum atomic E-state index is -0.879. The summed E-state index contributed by atoms with van der Waals surface area (Å²) in [5.74, 6) is -0.117. The second-order valence-electron chi connectivity index (χ2n) is 11.2. The summed E-state index contributed by atoms with van der Waals surface area (Å²) >= 11 is 0. The molecule has 7 heteroatoms. The highest BCUT2D eigenvalue weighted by Gasteiger charge is 2.53. The number of esters is 1. The van der Waals surface area contributed by atoms with E-state index in [1.165, 1.54) is 24.7 Å². The van der Waals surface area contributed by atoms with Crippen molar-refractivity contribution in [2.24, 2.45) is 17.8 Å². The number of carbonyl (C=O) groups is 1. The van der Waals surface area contributed by atoms with Crippen LogP contribution in [0, 0.1) is 41.5 Å². The van der Waals surface area contributed by atoms with Crippen molar-refractivity contribution in [2.75, 3.05) is 37.6 Å². The van der Waals surface area contributed by atoms with Gasteiger partial charge in [0.2, 0.25) is 0 Å². The number of nitrogens with zero attached hydrogens (tertiary/aromatic N) is 4. The van der Waals surface area contributed by atoms with Gasteiger partial charge in [-0.1, -0.05) is 24.3 Å². The lowest BCUT2D eigenvalue weighted by atomic mass is 9.59. The third-order valence-electron chi connectivity index (χ3n) is 8.89. The van der Waals surface area contributed by atoms with Gasteiger partial charge >= 0.3 is 5.97 Å². The van der Waals surface area contributed by atoms with Crippen LogP contribution in [-0.2, 0) is 14.9 Å². The molecule has 0 bridgehead atoms. The summed E-state index contributed by atoms with van der Waals surface area (Å²) in [4.78, 5) is 20.2. The van der Waals surface area contributed by atoms with Crippen LogP contribution >= 0.6 is 0 Å².